The summed E-state index contributed by atoms with van der Waals surface area (Å²) in [7, 11) is 1.56. The largest absolute Gasteiger partial charge is 0.358 e. The first-order valence-corrected chi connectivity index (χ1v) is 5.84. The van der Waals surface area contributed by atoms with Gasteiger partial charge in [0.15, 0.2) is 0 Å². The van der Waals surface area contributed by atoms with Gasteiger partial charge >= 0.3 is 0 Å². The maximum absolute atomic E-state index is 11.6. The SMILES string of the molecule is CNC(=O)C(C)NCC(=O)Nc1cccc(C)c1. The Morgan fingerprint density at radius 1 is 1.33 bits per heavy atom. The maximum atomic E-state index is 11.6. The Morgan fingerprint density at radius 3 is 2.67 bits per heavy atom. The fraction of sp³-hybridized carbons (Fsp3) is 0.385. The number of hydrogen-bond donors (Lipinski definition) is 3. The Bertz CT molecular complexity index is 432. The van der Waals surface area contributed by atoms with Gasteiger partial charge in [-0.2, -0.15) is 0 Å². The van der Waals surface area contributed by atoms with Crippen LogP contribution in [-0.4, -0.2) is 31.4 Å². The average Bonchev–Trinajstić information content (AvgIpc) is 2.35. The number of benzene rings is 1. The Balaban J connectivity index is 2.41. The van der Waals surface area contributed by atoms with Gasteiger partial charge in [-0.15, -0.1) is 0 Å². The van der Waals surface area contributed by atoms with Crippen molar-refractivity contribution in [3.05, 3.63) is 29.8 Å². The summed E-state index contributed by atoms with van der Waals surface area (Å²) in [5.74, 6) is -0.310. The minimum atomic E-state index is -0.391. The van der Waals surface area contributed by atoms with E-state index in [0.717, 1.165) is 11.3 Å². The predicted octanol–water partition coefficient (Wildman–Crippen LogP) is 0.658. The summed E-state index contributed by atoms with van der Waals surface area (Å²) < 4.78 is 0. The molecule has 2 amide bonds. The molecule has 0 aliphatic heterocycles. The normalized spacial score (nSPS) is 11.7. The number of anilines is 1. The van der Waals surface area contributed by atoms with Gasteiger partial charge in [0.1, 0.15) is 0 Å². The minimum Gasteiger partial charge on any atom is -0.358 e. The molecule has 5 heteroatoms. The molecule has 0 saturated heterocycles. The van der Waals surface area contributed by atoms with Crippen LogP contribution in [0.2, 0.25) is 0 Å². The molecule has 1 aromatic carbocycles. The van der Waals surface area contributed by atoms with Gasteiger partial charge in [0.25, 0.3) is 0 Å². The van der Waals surface area contributed by atoms with Crippen molar-refractivity contribution in [2.24, 2.45) is 0 Å². The van der Waals surface area contributed by atoms with Gasteiger partial charge in [0.2, 0.25) is 11.8 Å². The van der Waals surface area contributed by atoms with Gasteiger partial charge < -0.3 is 10.6 Å². The molecule has 0 fully saturated rings. The predicted molar refractivity (Wildman–Crippen MR) is 71.3 cm³/mol. The van der Waals surface area contributed by atoms with E-state index in [1.165, 1.54) is 0 Å². The molecule has 0 radical (unpaired) electrons. The van der Waals surface area contributed by atoms with Crippen molar-refractivity contribution in [2.45, 2.75) is 19.9 Å². The molecular weight excluding hydrogens is 230 g/mol. The molecule has 0 saturated carbocycles. The molecule has 0 aromatic heterocycles. The number of likely N-dealkylation sites (N-methyl/N-ethyl adjacent to an activating group) is 1. The number of aryl methyl sites for hydroxylation is 1. The molecule has 1 unspecified atom stereocenters. The highest BCUT2D eigenvalue weighted by atomic mass is 16.2. The lowest BCUT2D eigenvalue weighted by atomic mass is 10.2. The number of nitrogens with one attached hydrogen (secondary N) is 3. The lowest BCUT2D eigenvalue weighted by Crippen LogP contribution is -2.43. The summed E-state index contributed by atoms with van der Waals surface area (Å²) in [6.07, 6.45) is 0. The highest BCUT2D eigenvalue weighted by molar-refractivity contribution is 5.92. The molecule has 0 aliphatic carbocycles. The summed E-state index contributed by atoms with van der Waals surface area (Å²) in [4.78, 5) is 22.9. The van der Waals surface area contributed by atoms with Crippen molar-refractivity contribution in [1.29, 1.82) is 0 Å². The molecule has 98 valence electrons. The third kappa shape index (κ3) is 4.55. The number of rotatable bonds is 5. The van der Waals surface area contributed by atoms with Gasteiger partial charge in [0.05, 0.1) is 12.6 Å². The van der Waals surface area contributed by atoms with Crippen molar-refractivity contribution >= 4 is 17.5 Å². The molecule has 0 spiro atoms. The topological polar surface area (TPSA) is 70.2 Å². The van der Waals surface area contributed by atoms with Gasteiger partial charge in [0, 0.05) is 12.7 Å². The van der Waals surface area contributed by atoms with E-state index in [0.29, 0.717) is 0 Å². The lowest BCUT2D eigenvalue weighted by molar-refractivity contribution is -0.122. The quantitative estimate of drug-likeness (QED) is 0.718. The van der Waals surface area contributed by atoms with E-state index in [1.807, 2.05) is 31.2 Å². The molecular formula is C13H19N3O2. The van der Waals surface area contributed by atoms with Crippen molar-refractivity contribution in [3.8, 4) is 0 Å². The first-order valence-electron chi connectivity index (χ1n) is 5.84. The standard InChI is InChI=1S/C13H19N3O2/c1-9-5-4-6-11(7-9)16-12(17)8-15-10(2)13(18)14-3/h4-7,10,15H,8H2,1-3H3,(H,14,18)(H,16,17). The van der Waals surface area contributed by atoms with Crippen LogP contribution in [0.15, 0.2) is 24.3 Å². The van der Waals surface area contributed by atoms with Gasteiger partial charge in [-0.3, -0.25) is 14.9 Å². The Labute approximate surface area is 107 Å². The first kappa shape index (κ1) is 14.2. The zero-order valence-corrected chi connectivity index (χ0v) is 10.9. The second-order valence-electron chi connectivity index (χ2n) is 4.13. The van der Waals surface area contributed by atoms with Crippen molar-refractivity contribution in [1.82, 2.24) is 10.6 Å². The van der Waals surface area contributed by atoms with Gasteiger partial charge in [-0.25, -0.2) is 0 Å². The van der Waals surface area contributed by atoms with E-state index in [1.54, 1.807) is 14.0 Å². The minimum absolute atomic E-state index is 0.0997. The van der Waals surface area contributed by atoms with Crippen LogP contribution in [0.3, 0.4) is 0 Å². The summed E-state index contributed by atoms with van der Waals surface area (Å²) in [5, 5.41) is 8.12. The van der Waals surface area contributed by atoms with Crippen molar-refractivity contribution in [3.63, 3.8) is 0 Å². The van der Waals surface area contributed by atoms with Crippen LogP contribution in [0.4, 0.5) is 5.69 Å². The Morgan fingerprint density at radius 2 is 2.06 bits per heavy atom. The smallest absolute Gasteiger partial charge is 0.238 e. The van der Waals surface area contributed by atoms with Crippen LogP contribution in [-0.2, 0) is 9.59 Å². The van der Waals surface area contributed by atoms with Crippen molar-refractivity contribution < 1.29 is 9.59 Å². The van der Waals surface area contributed by atoms with E-state index >= 15 is 0 Å². The summed E-state index contributed by atoms with van der Waals surface area (Å²) in [6.45, 7) is 3.77. The summed E-state index contributed by atoms with van der Waals surface area (Å²) in [6, 6.07) is 7.17. The number of amides is 2. The summed E-state index contributed by atoms with van der Waals surface area (Å²) >= 11 is 0. The number of carbonyl (C=O) groups is 2. The Kier molecular flexibility index (Phi) is 5.32. The molecule has 3 N–H and O–H groups in total. The van der Waals surface area contributed by atoms with Crippen LogP contribution < -0.4 is 16.0 Å². The highest BCUT2D eigenvalue weighted by Gasteiger charge is 2.11. The summed E-state index contributed by atoms with van der Waals surface area (Å²) in [5.41, 5.74) is 1.84. The molecule has 18 heavy (non-hydrogen) atoms. The third-order valence-corrected chi connectivity index (χ3v) is 2.51. The number of hydrogen-bond acceptors (Lipinski definition) is 3. The molecule has 0 bridgehead atoms. The first-order chi connectivity index (χ1) is 8.52. The van der Waals surface area contributed by atoms with Crippen LogP contribution in [0, 0.1) is 6.92 Å². The Hall–Kier alpha value is -1.88. The molecule has 1 atom stereocenters. The molecule has 0 heterocycles. The van der Waals surface area contributed by atoms with E-state index < -0.39 is 6.04 Å². The molecule has 1 rings (SSSR count). The molecule has 0 aliphatic rings. The fourth-order valence-electron chi connectivity index (χ4n) is 1.48. The average molecular weight is 249 g/mol. The van der Waals surface area contributed by atoms with E-state index in [2.05, 4.69) is 16.0 Å². The maximum Gasteiger partial charge on any atom is 0.238 e. The van der Waals surface area contributed by atoms with E-state index in [9.17, 15) is 9.59 Å². The number of carbonyl (C=O) groups excluding carboxylic acids is 2. The van der Waals surface area contributed by atoms with E-state index in [-0.39, 0.29) is 18.4 Å². The highest BCUT2D eigenvalue weighted by Crippen LogP contribution is 2.08. The monoisotopic (exact) mass is 249 g/mol. The van der Waals surface area contributed by atoms with Crippen molar-refractivity contribution in [2.75, 3.05) is 18.9 Å². The zero-order chi connectivity index (χ0) is 13.5. The second kappa shape index (κ2) is 6.76. The van der Waals surface area contributed by atoms with Crippen LogP contribution >= 0.6 is 0 Å². The molecule has 1 aromatic rings. The third-order valence-electron chi connectivity index (χ3n) is 2.51. The zero-order valence-electron chi connectivity index (χ0n) is 10.9. The van der Waals surface area contributed by atoms with E-state index in [4.69, 9.17) is 0 Å². The second-order valence-corrected chi connectivity index (χ2v) is 4.13. The van der Waals surface area contributed by atoms with Crippen LogP contribution in [0.1, 0.15) is 12.5 Å². The van der Waals surface area contributed by atoms with Crippen LogP contribution in [0.5, 0.6) is 0 Å². The van der Waals surface area contributed by atoms with Gasteiger partial charge in [-0.1, -0.05) is 12.1 Å². The lowest BCUT2D eigenvalue weighted by Gasteiger charge is -2.12. The molecule has 5 nitrogen and oxygen atoms in total. The van der Waals surface area contributed by atoms with Gasteiger partial charge in [-0.05, 0) is 31.5 Å². The van der Waals surface area contributed by atoms with Crippen LogP contribution in [0.25, 0.3) is 0 Å². The fourth-order valence-corrected chi connectivity index (χ4v) is 1.48.